The smallest absolute Gasteiger partial charge is 0.258 e. The predicted octanol–water partition coefficient (Wildman–Crippen LogP) is 3.63. The van der Waals surface area contributed by atoms with Gasteiger partial charge in [-0.25, -0.2) is 4.39 Å². The molecule has 0 bridgehead atoms. The summed E-state index contributed by atoms with van der Waals surface area (Å²) in [6, 6.07) is 11.4. The Morgan fingerprint density at radius 2 is 2.10 bits per heavy atom. The molecule has 1 aliphatic rings. The van der Waals surface area contributed by atoms with E-state index in [0.717, 1.165) is 4.47 Å². The molecule has 0 N–H and O–H groups in total. The summed E-state index contributed by atoms with van der Waals surface area (Å²) in [4.78, 5) is 14.2. The largest absolute Gasteiger partial charge is 0.489 e. The molecule has 2 aromatic rings. The third kappa shape index (κ3) is 2.41. The number of benzene rings is 2. The highest BCUT2D eigenvalue weighted by Crippen LogP contribution is 2.33. The number of rotatable bonds is 1. The highest BCUT2D eigenvalue weighted by atomic mass is 79.9. The first kappa shape index (κ1) is 13.1. The normalized spacial score (nSPS) is 13.6. The first-order chi connectivity index (χ1) is 9.65. The van der Waals surface area contributed by atoms with Crippen molar-refractivity contribution in [1.29, 1.82) is 0 Å². The van der Waals surface area contributed by atoms with E-state index >= 15 is 0 Å². The molecule has 0 radical (unpaired) electrons. The molecule has 0 unspecified atom stereocenters. The minimum Gasteiger partial charge on any atom is -0.489 e. The van der Waals surface area contributed by atoms with Gasteiger partial charge in [0.2, 0.25) is 0 Å². The number of carbonyl (C=O) groups excluding carboxylic acids is 1. The molecular formula is C15H11BrFNO2. The Kier molecular flexibility index (Phi) is 3.44. The maximum Gasteiger partial charge on any atom is 0.258 e. The average molecular weight is 336 g/mol. The van der Waals surface area contributed by atoms with Crippen molar-refractivity contribution in [3.63, 3.8) is 0 Å². The number of fused-ring (bicyclic) bond motifs is 1. The topological polar surface area (TPSA) is 29.5 Å². The Morgan fingerprint density at radius 1 is 1.25 bits per heavy atom. The molecule has 5 heteroatoms. The number of hydrogen-bond donors (Lipinski definition) is 0. The van der Waals surface area contributed by atoms with Crippen LogP contribution in [0.25, 0.3) is 0 Å². The van der Waals surface area contributed by atoms with Crippen LogP contribution >= 0.6 is 15.9 Å². The molecule has 1 amide bonds. The number of halogens is 2. The van der Waals surface area contributed by atoms with Crippen molar-refractivity contribution in [2.45, 2.75) is 0 Å². The Morgan fingerprint density at radius 3 is 2.90 bits per heavy atom. The summed E-state index contributed by atoms with van der Waals surface area (Å²) in [6.07, 6.45) is 0. The second-order valence-corrected chi connectivity index (χ2v) is 5.34. The van der Waals surface area contributed by atoms with Crippen molar-refractivity contribution in [2.75, 3.05) is 18.1 Å². The summed E-state index contributed by atoms with van der Waals surface area (Å²) in [5.74, 6) is -0.0949. The molecule has 3 rings (SSSR count). The zero-order chi connectivity index (χ0) is 14.1. The third-order valence-electron chi connectivity index (χ3n) is 3.10. The maximum absolute atomic E-state index is 13.2. The predicted molar refractivity (Wildman–Crippen MR) is 77.7 cm³/mol. The molecule has 0 aliphatic carbocycles. The molecule has 3 nitrogen and oxygen atoms in total. The second-order valence-electron chi connectivity index (χ2n) is 4.43. The molecule has 1 heterocycles. The minimum absolute atomic E-state index is 0.123. The molecule has 0 aromatic heterocycles. The first-order valence-electron chi connectivity index (χ1n) is 6.15. The number of hydrogen-bond acceptors (Lipinski definition) is 2. The second kappa shape index (κ2) is 5.25. The van der Waals surface area contributed by atoms with Gasteiger partial charge in [-0.15, -0.1) is 0 Å². The van der Waals surface area contributed by atoms with E-state index in [9.17, 15) is 9.18 Å². The molecule has 0 saturated carbocycles. The van der Waals surface area contributed by atoms with E-state index in [-0.39, 0.29) is 11.7 Å². The van der Waals surface area contributed by atoms with E-state index in [4.69, 9.17) is 4.74 Å². The van der Waals surface area contributed by atoms with Crippen LogP contribution in [0.4, 0.5) is 10.1 Å². The fraction of sp³-hybridized carbons (Fsp3) is 0.133. The molecule has 0 spiro atoms. The van der Waals surface area contributed by atoms with Gasteiger partial charge >= 0.3 is 0 Å². The number of amides is 1. The number of ether oxygens (including phenoxy) is 1. The molecule has 0 saturated heterocycles. The van der Waals surface area contributed by atoms with E-state index in [1.165, 1.54) is 12.1 Å². The van der Waals surface area contributed by atoms with E-state index in [0.29, 0.717) is 30.2 Å². The van der Waals surface area contributed by atoms with Gasteiger partial charge in [0.25, 0.3) is 5.91 Å². The third-order valence-corrected chi connectivity index (χ3v) is 3.60. The Balaban J connectivity index is 1.98. The van der Waals surface area contributed by atoms with Gasteiger partial charge in [0.05, 0.1) is 12.2 Å². The lowest BCUT2D eigenvalue weighted by atomic mass is 10.1. The number of nitrogens with zero attached hydrogens (tertiary/aromatic N) is 1. The van der Waals surface area contributed by atoms with E-state index < -0.39 is 0 Å². The molecule has 0 fully saturated rings. The first-order valence-corrected chi connectivity index (χ1v) is 6.94. The minimum atomic E-state index is -0.375. The van der Waals surface area contributed by atoms with Gasteiger partial charge in [-0.05, 0) is 30.3 Å². The van der Waals surface area contributed by atoms with E-state index in [2.05, 4.69) is 15.9 Å². The van der Waals surface area contributed by atoms with Crippen LogP contribution in [0.1, 0.15) is 10.4 Å². The zero-order valence-corrected chi connectivity index (χ0v) is 12.1. The summed E-state index contributed by atoms with van der Waals surface area (Å²) < 4.78 is 19.5. The Hall–Kier alpha value is -1.88. The monoisotopic (exact) mass is 335 g/mol. The van der Waals surface area contributed by atoms with Crippen LogP contribution in [0.3, 0.4) is 0 Å². The van der Waals surface area contributed by atoms with Crippen molar-refractivity contribution in [1.82, 2.24) is 0 Å². The van der Waals surface area contributed by atoms with Crippen molar-refractivity contribution in [2.24, 2.45) is 0 Å². The van der Waals surface area contributed by atoms with Gasteiger partial charge in [0.1, 0.15) is 18.2 Å². The fourth-order valence-electron chi connectivity index (χ4n) is 2.18. The van der Waals surface area contributed by atoms with Crippen molar-refractivity contribution >= 4 is 27.5 Å². The van der Waals surface area contributed by atoms with Gasteiger partial charge in [-0.2, -0.15) is 0 Å². The Bertz CT molecular complexity index is 675. The standard InChI is InChI=1S/C15H11BrFNO2/c16-11-3-1-2-10(8-11)15(19)18-6-7-20-14-9-12(17)4-5-13(14)18/h1-5,8-9H,6-7H2. The molecule has 102 valence electrons. The van der Waals surface area contributed by atoms with Crippen LogP contribution < -0.4 is 9.64 Å². The maximum atomic E-state index is 13.2. The lowest BCUT2D eigenvalue weighted by Gasteiger charge is -2.29. The van der Waals surface area contributed by atoms with Gasteiger partial charge in [0.15, 0.2) is 0 Å². The van der Waals surface area contributed by atoms with Gasteiger partial charge in [-0.3, -0.25) is 4.79 Å². The lowest BCUT2D eigenvalue weighted by molar-refractivity contribution is 0.0976. The number of anilines is 1. The number of carbonyl (C=O) groups is 1. The van der Waals surface area contributed by atoms with Crippen LogP contribution in [0.5, 0.6) is 5.75 Å². The molecule has 0 atom stereocenters. The summed E-state index contributed by atoms with van der Waals surface area (Å²) >= 11 is 3.35. The van der Waals surface area contributed by atoms with Crippen molar-refractivity contribution < 1.29 is 13.9 Å². The molecule has 20 heavy (non-hydrogen) atoms. The van der Waals surface area contributed by atoms with Crippen molar-refractivity contribution in [3.8, 4) is 5.75 Å². The van der Waals surface area contributed by atoms with Gasteiger partial charge in [-0.1, -0.05) is 22.0 Å². The van der Waals surface area contributed by atoms with Gasteiger partial charge in [0, 0.05) is 16.1 Å². The summed E-state index contributed by atoms with van der Waals surface area (Å²) in [5, 5.41) is 0. The summed E-state index contributed by atoms with van der Waals surface area (Å²) in [7, 11) is 0. The van der Waals surface area contributed by atoms with Crippen LogP contribution in [0.15, 0.2) is 46.9 Å². The highest BCUT2D eigenvalue weighted by Gasteiger charge is 2.25. The van der Waals surface area contributed by atoms with E-state index in [1.54, 1.807) is 23.1 Å². The Labute approximate surface area is 124 Å². The SMILES string of the molecule is O=C(c1cccc(Br)c1)N1CCOc2cc(F)ccc21. The quantitative estimate of drug-likeness (QED) is 0.796. The molecular weight excluding hydrogens is 325 g/mol. The van der Waals surface area contributed by atoms with Crippen LogP contribution in [0.2, 0.25) is 0 Å². The summed E-state index contributed by atoms with van der Waals surface area (Å²) in [6.45, 7) is 0.806. The average Bonchev–Trinajstić information content (AvgIpc) is 2.45. The lowest BCUT2D eigenvalue weighted by Crippen LogP contribution is -2.38. The van der Waals surface area contributed by atoms with Gasteiger partial charge < -0.3 is 9.64 Å². The summed E-state index contributed by atoms with van der Waals surface area (Å²) in [5.41, 5.74) is 1.18. The van der Waals surface area contributed by atoms with Crippen LogP contribution in [-0.4, -0.2) is 19.1 Å². The van der Waals surface area contributed by atoms with Crippen molar-refractivity contribution in [3.05, 3.63) is 58.3 Å². The highest BCUT2D eigenvalue weighted by molar-refractivity contribution is 9.10. The fourth-order valence-corrected chi connectivity index (χ4v) is 2.58. The molecule has 1 aliphatic heterocycles. The van der Waals surface area contributed by atoms with E-state index in [1.807, 2.05) is 12.1 Å². The molecule has 2 aromatic carbocycles. The zero-order valence-electron chi connectivity index (χ0n) is 10.5. The van der Waals surface area contributed by atoms with Crippen LogP contribution in [-0.2, 0) is 0 Å². The van der Waals surface area contributed by atoms with Crippen LogP contribution in [0, 0.1) is 5.82 Å².